The number of hydrogen-bond acceptors (Lipinski definition) is 17. The molecule has 4 saturated carbocycles. The van der Waals surface area contributed by atoms with Gasteiger partial charge in [0.05, 0.1) is 50.3 Å². The highest BCUT2D eigenvalue weighted by atomic mass is 16.8. The van der Waals surface area contributed by atoms with Crippen LogP contribution in [0.2, 0.25) is 0 Å². The third-order valence-electron chi connectivity index (χ3n) is 20.0. The van der Waals surface area contributed by atoms with Crippen LogP contribution in [-0.4, -0.2) is 181 Å². The van der Waals surface area contributed by atoms with Crippen LogP contribution >= 0.6 is 0 Å². The Kier molecular flexibility index (Phi) is 12.5. The molecule has 1 spiro atoms. The van der Waals surface area contributed by atoms with Gasteiger partial charge in [0.25, 0.3) is 0 Å². The summed E-state index contributed by atoms with van der Waals surface area (Å²) in [7, 11) is 0. The number of rotatable bonds is 8. The molecule has 9 aliphatic rings. The van der Waals surface area contributed by atoms with Crippen molar-refractivity contribution < 1.29 is 84.2 Å². The first-order valence-corrected chi connectivity index (χ1v) is 24.0. The highest BCUT2D eigenvalue weighted by Gasteiger charge is 2.79. The van der Waals surface area contributed by atoms with E-state index in [0.29, 0.717) is 31.3 Å². The minimum Gasteiger partial charge on any atom is -0.396 e. The molecule has 8 fully saturated rings. The van der Waals surface area contributed by atoms with Gasteiger partial charge in [-0.05, 0) is 86.4 Å². The fourth-order valence-electron chi connectivity index (χ4n) is 15.8. The summed E-state index contributed by atoms with van der Waals surface area (Å²) in [5, 5.41) is 110. The van der Waals surface area contributed by atoms with Crippen molar-refractivity contribution in [1.29, 1.82) is 0 Å². The first kappa shape index (κ1) is 48.1. The first-order valence-electron chi connectivity index (χ1n) is 24.0. The van der Waals surface area contributed by atoms with Crippen molar-refractivity contribution >= 4 is 0 Å². The van der Waals surface area contributed by atoms with Crippen LogP contribution in [0, 0.1) is 56.7 Å². The minimum atomic E-state index is -1.81. The Morgan fingerprint density at radius 3 is 2.06 bits per heavy atom. The molecule has 0 aromatic carbocycles. The lowest BCUT2D eigenvalue weighted by atomic mass is 9.31. The Morgan fingerprint density at radius 1 is 0.703 bits per heavy atom. The summed E-state index contributed by atoms with van der Waals surface area (Å²) in [6.07, 6.45) is -12.4. The third kappa shape index (κ3) is 6.57. The van der Waals surface area contributed by atoms with Crippen molar-refractivity contribution in [3.8, 4) is 0 Å². The van der Waals surface area contributed by atoms with Crippen LogP contribution in [0.3, 0.4) is 0 Å². The second kappa shape index (κ2) is 16.6. The van der Waals surface area contributed by atoms with E-state index in [9.17, 15) is 51.1 Å². The first-order chi connectivity index (χ1) is 30.1. The van der Waals surface area contributed by atoms with Gasteiger partial charge in [0.2, 0.25) is 0 Å². The number of aliphatic hydroxyl groups is 10. The summed E-state index contributed by atoms with van der Waals surface area (Å²) in [6, 6.07) is 0. The lowest BCUT2D eigenvalue weighted by Crippen LogP contribution is -2.73. The van der Waals surface area contributed by atoms with Crippen molar-refractivity contribution in [3.05, 3.63) is 12.2 Å². The molecule has 4 saturated heterocycles. The highest BCUT2D eigenvalue weighted by Crippen LogP contribution is 2.79. The molecular formula is C47H76O17. The summed E-state index contributed by atoms with van der Waals surface area (Å²) in [4.78, 5) is 0. The van der Waals surface area contributed by atoms with Crippen LogP contribution in [0.25, 0.3) is 0 Å². The van der Waals surface area contributed by atoms with E-state index in [1.54, 1.807) is 6.92 Å². The maximum atomic E-state index is 12.3. The molecule has 0 aromatic heterocycles. The Hall–Kier alpha value is -0.940. The predicted octanol–water partition coefficient (Wildman–Crippen LogP) is 0.0961. The Bertz CT molecular complexity index is 1740. The average molecular weight is 913 g/mol. The molecule has 2 unspecified atom stereocenters. The molecule has 5 aliphatic carbocycles. The fraction of sp³-hybridized carbons (Fsp3) is 0.957. The molecule has 17 heteroatoms. The Balaban J connectivity index is 0.992. The fourth-order valence-corrected chi connectivity index (χ4v) is 15.8. The van der Waals surface area contributed by atoms with Crippen molar-refractivity contribution in [3.63, 3.8) is 0 Å². The molecule has 27 atom stereocenters. The lowest BCUT2D eigenvalue weighted by Gasteiger charge is -2.73. The molecule has 17 nitrogen and oxygen atoms in total. The Morgan fingerprint density at radius 2 is 1.38 bits per heavy atom. The van der Waals surface area contributed by atoms with E-state index in [2.05, 4.69) is 46.8 Å². The summed E-state index contributed by atoms with van der Waals surface area (Å²) < 4.78 is 43.8. The second-order valence-corrected chi connectivity index (χ2v) is 22.7. The quantitative estimate of drug-likeness (QED) is 0.114. The maximum Gasteiger partial charge on any atom is 0.187 e. The molecule has 10 N–H and O–H groups in total. The Labute approximate surface area is 376 Å². The number of aliphatic hydroxyl groups excluding tert-OH is 10. The normalized spacial score (nSPS) is 60.5. The van der Waals surface area contributed by atoms with Crippen molar-refractivity contribution in [2.75, 3.05) is 26.4 Å². The molecule has 0 amide bonds. The van der Waals surface area contributed by atoms with E-state index >= 15 is 0 Å². The third-order valence-corrected chi connectivity index (χ3v) is 20.0. The van der Waals surface area contributed by atoms with Gasteiger partial charge in [-0.3, -0.25) is 0 Å². The van der Waals surface area contributed by atoms with Gasteiger partial charge in [-0.25, -0.2) is 0 Å². The topological polar surface area (TPSA) is 267 Å². The minimum absolute atomic E-state index is 0.0389. The second-order valence-electron chi connectivity index (χ2n) is 22.7. The average Bonchev–Trinajstić information content (AvgIpc) is 3.57. The van der Waals surface area contributed by atoms with Gasteiger partial charge < -0.3 is 84.2 Å². The lowest BCUT2D eigenvalue weighted by molar-refractivity contribution is -0.394. The van der Waals surface area contributed by atoms with E-state index in [1.165, 1.54) is 0 Å². The molecule has 4 aliphatic heterocycles. The number of allylic oxidation sites excluding steroid dienone is 1. The molecule has 9 rings (SSSR count). The van der Waals surface area contributed by atoms with Gasteiger partial charge in [-0.15, -0.1) is 0 Å². The van der Waals surface area contributed by atoms with E-state index in [-0.39, 0.29) is 46.0 Å². The standard InChI is InChI=1S/C47H76O17/c1-21-8-14-46-20-59-47(38(46)22(21)2)15-10-27-42(4)12-11-29(43(5,19-49)26(42)9-13-44(27,6)45(47,7)16-28(46)51)62-40-36(33(55)30(52)23(3)60-40)64-41-37(34(56)32(54)25(17-48)61-41)63-39-35(57)31(53)24(50)18-58-39/h10,15,21-41,48-57H,8-9,11-14,16-20H2,1-7H3/t21-,22+,23-,24-,25-,26-,27-,28-,29+,30+,31+,32-,33+,34+,35-,36-,37-,38-,39+,40+,41+,42+,43?,44-,45?,46+,47+/m1/s1. The summed E-state index contributed by atoms with van der Waals surface area (Å²) in [5.41, 5.74) is -2.46. The van der Waals surface area contributed by atoms with Gasteiger partial charge >= 0.3 is 0 Å². The van der Waals surface area contributed by atoms with Crippen molar-refractivity contribution in [2.24, 2.45) is 56.7 Å². The molecule has 64 heavy (non-hydrogen) atoms. The van der Waals surface area contributed by atoms with Gasteiger partial charge in [-0.2, -0.15) is 0 Å². The summed E-state index contributed by atoms with van der Waals surface area (Å²) in [6.45, 7) is 14.7. The van der Waals surface area contributed by atoms with E-state index in [0.717, 1.165) is 32.1 Å². The zero-order valence-electron chi connectivity index (χ0n) is 38.4. The van der Waals surface area contributed by atoms with Crippen LogP contribution in [0.15, 0.2) is 12.2 Å². The van der Waals surface area contributed by atoms with Gasteiger partial charge in [0.15, 0.2) is 18.9 Å². The molecule has 2 bridgehead atoms. The SMILES string of the molecule is C[C@H]1[C@H](C)CC[C@]23CO[C@@]4(C=C[C@@H]5[C@@]6(C)CC[C@H](O[C@@H]7O[C@H](C)[C@H](O)[C@H](O)[C@H]7O[C@@H]7O[C@H](CO)[C@@H](O)[C@H](O)[C@H]7O[C@@H]7OC[C@@H](O)[C@H](O)[C@H]7O)C(C)(CO)[C@@H]6CC[C@@]5(C)C4(C)C[C@H]2O)[C@H]13. The van der Waals surface area contributed by atoms with Gasteiger partial charge in [0.1, 0.15) is 61.0 Å². The van der Waals surface area contributed by atoms with Gasteiger partial charge in [0, 0.05) is 22.2 Å². The molecule has 0 radical (unpaired) electrons. The number of fused-ring (bicyclic) bond motifs is 4. The smallest absolute Gasteiger partial charge is 0.187 e. The highest BCUT2D eigenvalue weighted by molar-refractivity contribution is 5.36. The largest absolute Gasteiger partial charge is 0.396 e. The van der Waals surface area contributed by atoms with Crippen LogP contribution in [0.4, 0.5) is 0 Å². The van der Waals surface area contributed by atoms with Crippen LogP contribution < -0.4 is 0 Å². The predicted molar refractivity (Wildman–Crippen MR) is 223 cm³/mol. The summed E-state index contributed by atoms with van der Waals surface area (Å²) >= 11 is 0. The number of ether oxygens (including phenoxy) is 7. The number of hydrogen-bond donors (Lipinski definition) is 10. The van der Waals surface area contributed by atoms with E-state index in [1.807, 2.05) is 6.92 Å². The maximum absolute atomic E-state index is 12.3. The van der Waals surface area contributed by atoms with Crippen LogP contribution in [0.5, 0.6) is 0 Å². The molecular weight excluding hydrogens is 836 g/mol. The van der Waals surface area contributed by atoms with E-state index < -0.39 is 122 Å². The molecule has 0 aromatic rings. The molecule has 4 heterocycles. The zero-order chi connectivity index (χ0) is 46.3. The van der Waals surface area contributed by atoms with Gasteiger partial charge in [-0.1, -0.05) is 53.7 Å². The van der Waals surface area contributed by atoms with Crippen LogP contribution in [-0.2, 0) is 33.2 Å². The van der Waals surface area contributed by atoms with E-state index in [4.69, 9.17) is 33.2 Å². The van der Waals surface area contributed by atoms with Crippen molar-refractivity contribution in [2.45, 2.75) is 197 Å². The summed E-state index contributed by atoms with van der Waals surface area (Å²) in [5.74, 6) is 1.19. The van der Waals surface area contributed by atoms with Crippen molar-refractivity contribution in [1.82, 2.24) is 0 Å². The van der Waals surface area contributed by atoms with Crippen LogP contribution in [0.1, 0.15) is 93.4 Å². The molecule has 366 valence electrons. The monoisotopic (exact) mass is 913 g/mol. The zero-order valence-corrected chi connectivity index (χ0v) is 38.4.